The minimum atomic E-state index is -0.978. The van der Waals surface area contributed by atoms with Crippen molar-refractivity contribution in [3.05, 3.63) is 65.3 Å². The van der Waals surface area contributed by atoms with Gasteiger partial charge in [-0.1, -0.05) is 13.0 Å². The number of aromatic nitrogens is 3. The Balaban J connectivity index is 1.33. The van der Waals surface area contributed by atoms with Gasteiger partial charge in [0.05, 0.1) is 5.52 Å². The highest BCUT2D eigenvalue weighted by molar-refractivity contribution is 5.94. The molecule has 2 aliphatic rings. The second kappa shape index (κ2) is 11.4. The van der Waals surface area contributed by atoms with Crippen molar-refractivity contribution < 1.29 is 8.78 Å². The summed E-state index contributed by atoms with van der Waals surface area (Å²) in [5, 5.41) is 5.99. The Morgan fingerprint density at radius 3 is 2.64 bits per heavy atom. The van der Waals surface area contributed by atoms with Gasteiger partial charge in [-0.25, -0.2) is 23.7 Å². The number of pyridine rings is 1. The number of nitrogens with zero attached hydrogens (tertiary/aromatic N) is 6. The van der Waals surface area contributed by atoms with Crippen LogP contribution >= 0.6 is 0 Å². The number of fused-ring (bicyclic) bond motifs is 1. The number of guanidine groups is 1. The summed E-state index contributed by atoms with van der Waals surface area (Å²) in [6.45, 7) is 15.7. The van der Waals surface area contributed by atoms with Crippen LogP contribution in [0.1, 0.15) is 69.2 Å². The first kappa shape index (κ1) is 27.2. The fraction of sp³-hybridized carbons (Fsp3) is 0.483. The molecule has 0 amide bonds. The molecule has 4 heterocycles. The molecule has 39 heavy (non-hydrogen) atoms. The van der Waals surface area contributed by atoms with Crippen molar-refractivity contribution in [3.63, 3.8) is 0 Å². The number of hydrogen-bond donors (Lipinski definition) is 2. The zero-order valence-electron chi connectivity index (χ0n) is 23.4. The highest BCUT2D eigenvalue weighted by Crippen LogP contribution is 2.33. The normalized spacial score (nSPS) is 19.9. The molecular weight excluding hydrogens is 498 g/mol. The summed E-state index contributed by atoms with van der Waals surface area (Å²) in [6.07, 6.45) is 4.30. The standard InChI is InChI=1S/C29H38F2N8/c1-6-37-10-7-11-38(13-12-37)19(4)21-8-9-26(32-16-21)35-29-33-17-24(31)27(36-29)22-14-23(30)28-25(15-22)39(18(2)3)20(5)34-28/h8-9,14-19,27H,6-7,10-13H2,1-5H3,(H2,32,33,35,36). The lowest BCUT2D eigenvalue weighted by molar-refractivity contribution is 0.212. The first-order valence-electron chi connectivity index (χ1n) is 13.8. The van der Waals surface area contributed by atoms with Gasteiger partial charge in [0.2, 0.25) is 5.96 Å². The molecule has 0 bridgehead atoms. The quantitative estimate of drug-likeness (QED) is 0.435. The van der Waals surface area contributed by atoms with Gasteiger partial charge in [-0.05, 0) is 76.5 Å². The lowest BCUT2D eigenvalue weighted by Crippen LogP contribution is -2.32. The van der Waals surface area contributed by atoms with Crippen LogP contribution in [0, 0.1) is 12.7 Å². The van der Waals surface area contributed by atoms with Crippen molar-refractivity contribution >= 4 is 22.8 Å². The van der Waals surface area contributed by atoms with Gasteiger partial charge in [0, 0.05) is 44.1 Å². The summed E-state index contributed by atoms with van der Waals surface area (Å²) in [5.74, 6) is 0.665. The Hall–Kier alpha value is -3.37. The largest absolute Gasteiger partial charge is 0.330 e. The predicted molar refractivity (Wildman–Crippen MR) is 152 cm³/mol. The van der Waals surface area contributed by atoms with Crippen LogP contribution < -0.4 is 10.6 Å². The van der Waals surface area contributed by atoms with Crippen molar-refractivity contribution in [2.75, 3.05) is 38.0 Å². The number of aryl methyl sites for hydroxylation is 1. The van der Waals surface area contributed by atoms with E-state index in [-0.39, 0.29) is 17.6 Å². The molecule has 2 N–H and O–H groups in total. The maximum atomic E-state index is 15.0. The third kappa shape index (κ3) is 5.67. The van der Waals surface area contributed by atoms with Crippen LogP contribution in [-0.4, -0.2) is 63.0 Å². The van der Waals surface area contributed by atoms with E-state index >= 15 is 4.39 Å². The van der Waals surface area contributed by atoms with Gasteiger partial charge < -0.3 is 20.1 Å². The van der Waals surface area contributed by atoms with Crippen molar-refractivity contribution in [3.8, 4) is 0 Å². The minimum absolute atomic E-state index is 0.0842. The van der Waals surface area contributed by atoms with Crippen LogP contribution in [-0.2, 0) is 0 Å². The molecule has 10 heteroatoms. The second-order valence-corrected chi connectivity index (χ2v) is 10.6. The van der Waals surface area contributed by atoms with Crippen LogP contribution in [0.2, 0.25) is 0 Å². The molecule has 2 unspecified atom stereocenters. The molecular formula is C29H38F2N8. The van der Waals surface area contributed by atoms with Gasteiger partial charge in [0.25, 0.3) is 0 Å². The monoisotopic (exact) mass is 536 g/mol. The van der Waals surface area contributed by atoms with E-state index < -0.39 is 17.7 Å². The number of likely N-dealkylation sites (N-methyl/N-ethyl adjacent to an activating group) is 1. The van der Waals surface area contributed by atoms with E-state index in [1.165, 1.54) is 12.3 Å². The molecule has 1 saturated heterocycles. The number of benzene rings is 1. The zero-order chi connectivity index (χ0) is 27.7. The number of nitrogens with one attached hydrogen (secondary N) is 2. The fourth-order valence-electron chi connectivity index (χ4n) is 5.60. The maximum absolute atomic E-state index is 15.0. The van der Waals surface area contributed by atoms with Crippen LogP contribution in [0.5, 0.6) is 0 Å². The predicted octanol–water partition coefficient (Wildman–Crippen LogP) is 5.47. The highest BCUT2D eigenvalue weighted by atomic mass is 19.1. The van der Waals surface area contributed by atoms with Gasteiger partial charge in [-0.15, -0.1) is 0 Å². The van der Waals surface area contributed by atoms with Crippen molar-refractivity contribution in [1.29, 1.82) is 0 Å². The van der Waals surface area contributed by atoms with Crippen LogP contribution in [0.4, 0.5) is 14.6 Å². The number of halogens is 2. The molecule has 0 saturated carbocycles. The van der Waals surface area contributed by atoms with Gasteiger partial charge in [0.15, 0.2) is 5.82 Å². The van der Waals surface area contributed by atoms with E-state index in [0.29, 0.717) is 28.7 Å². The summed E-state index contributed by atoms with van der Waals surface area (Å²) in [7, 11) is 0. The molecule has 208 valence electrons. The third-order valence-electron chi connectivity index (χ3n) is 7.78. The first-order valence-corrected chi connectivity index (χ1v) is 13.8. The van der Waals surface area contributed by atoms with E-state index in [1.54, 1.807) is 6.07 Å². The van der Waals surface area contributed by atoms with Gasteiger partial charge >= 0.3 is 0 Å². The van der Waals surface area contributed by atoms with Crippen molar-refractivity contribution in [1.82, 2.24) is 29.7 Å². The number of aliphatic imine (C=N–C) groups is 1. The number of rotatable bonds is 6. The van der Waals surface area contributed by atoms with Crippen molar-refractivity contribution in [2.45, 2.75) is 59.2 Å². The number of anilines is 1. The zero-order valence-corrected chi connectivity index (χ0v) is 23.4. The average Bonchev–Trinajstić information content (AvgIpc) is 3.09. The van der Waals surface area contributed by atoms with Crippen LogP contribution in [0.3, 0.4) is 0 Å². The smallest absolute Gasteiger partial charge is 0.202 e. The Morgan fingerprint density at radius 2 is 1.92 bits per heavy atom. The molecule has 0 spiro atoms. The second-order valence-electron chi connectivity index (χ2n) is 10.6. The molecule has 1 aromatic carbocycles. The first-order chi connectivity index (χ1) is 18.7. The molecule has 0 aliphatic carbocycles. The lowest BCUT2D eigenvalue weighted by atomic mass is 10.0. The molecule has 1 fully saturated rings. The molecule has 5 rings (SSSR count). The van der Waals surface area contributed by atoms with Crippen LogP contribution in [0.15, 0.2) is 47.5 Å². The summed E-state index contributed by atoms with van der Waals surface area (Å²) in [6, 6.07) is 6.45. The number of hydrogen-bond acceptors (Lipinski definition) is 7. The minimum Gasteiger partial charge on any atom is -0.330 e. The fourth-order valence-corrected chi connectivity index (χ4v) is 5.60. The Labute approximate surface area is 228 Å². The Morgan fingerprint density at radius 1 is 1.10 bits per heavy atom. The third-order valence-corrected chi connectivity index (χ3v) is 7.78. The van der Waals surface area contributed by atoms with Gasteiger partial charge in [-0.2, -0.15) is 0 Å². The Kier molecular flexibility index (Phi) is 7.95. The van der Waals surface area contributed by atoms with Crippen LogP contribution in [0.25, 0.3) is 11.0 Å². The summed E-state index contributed by atoms with van der Waals surface area (Å²) < 4.78 is 31.9. The van der Waals surface area contributed by atoms with E-state index in [2.05, 4.69) is 55.3 Å². The molecule has 8 nitrogen and oxygen atoms in total. The molecule has 0 radical (unpaired) electrons. The summed E-state index contributed by atoms with van der Waals surface area (Å²) in [5.41, 5.74) is 2.49. The van der Waals surface area contributed by atoms with E-state index in [4.69, 9.17) is 0 Å². The number of imidazole rings is 1. The average molecular weight is 537 g/mol. The molecule has 3 aromatic rings. The Bertz CT molecular complexity index is 1380. The molecule has 2 aliphatic heterocycles. The van der Waals surface area contributed by atoms with E-state index in [1.807, 2.05) is 37.6 Å². The van der Waals surface area contributed by atoms with Crippen molar-refractivity contribution in [2.24, 2.45) is 4.99 Å². The SMILES string of the molecule is CCN1CCCN(C(C)c2ccc(NC3=NC(c4cc(F)c5nc(C)n(C(C)C)c5c4)C(F)=CN3)nc2)CC1. The molecule has 2 aromatic heterocycles. The molecule has 2 atom stereocenters. The lowest BCUT2D eigenvalue weighted by Gasteiger charge is -2.28. The van der Waals surface area contributed by atoms with Gasteiger partial charge in [-0.3, -0.25) is 4.90 Å². The maximum Gasteiger partial charge on any atom is 0.202 e. The highest BCUT2D eigenvalue weighted by Gasteiger charge is 2.25. The summed E-state index contributed by atoms with van der Waals surface area (Å²) >= 11 is 0. The van der Waals surface area contributed by atoms with E-state index in [0.717, 1.165) is 44.7 Å². The van der Waals surface area contributed by atoms with Gasteiger partial charge in [0.1, 0.15) is 29.0 Å². The summed E-state index contributed by atoms with van der Waals surface area (Å²) in [4.78, 5) is 18.5. The topological polar surface area (TPSA) is 73.6 Å². The van der Waals surface area contributed by atoms with E-state index in [9.17, 15) is 4.39 Å².